The Kier molecular flexibility index (Phi) is 1.70. The van der Waals surface area contributed by atoms with Gasteiger partial charge in [-0.05, 0) is 12.1 Å². The van der Waals surface area contributed by atoms with Crippen LogP contribution in [0.25, 0.3) is 5.65 Å². The summed E-state index contributed by atoms with van der Waals surface area (Å²) in [5.41, 5.74) is 1.05. The van der Waals surface area contributed by atoms with Crippen molar-refractivity contribution in [3.8, 4) is 0 Å². The highest BCUT2D eigenvalue weighted by atomic mass is 16.2. The molecule has 14 heavy (non-hydrogen) atoms. The van der Waals surface area contributed by atoms with Gasteiger partial charge in [0.15, 0.2) is 5.65 Å². The molecule has 0 amide bonds. The summed E-state index contributed by atoms with van der Waals surface area (Å²) in [4.78, 5) is 11.2. The molecule has 0 saturated heterocycles. The zero-order valence-electron chi connectivity index (χ0n) is 8.40. The Labute approximate surface area is 80.8 Å². The van der Waals surface area contributed by atoms with E-state index in [1.54, 1.807) is 6.07 Å². The second kappa shape index (κ2) is 2.67. The molecule has 0 fully saturated rings. The number of nitrogens with zero attached hydrogens (tertiary/aromatic N) is 3. The summed E-state index contributed by atoms with van der Waals surface area (Å²) in [6, 6.07) is 3.67. The Balaban J connectivity index is 2.72. The molecule has 0 bridgehead atoms. The monoisotopic (exact) mass is 192 g/mol. The third-order valence-electron chi connectivity index (χ3n) is 2.04. The molecule has 2 rings (SSSR count). The van der Waals surface area contributed by atoms with Crippen molar-refractivity contribution in [1.29, 1.82) is 0 Å². The number of aromatic amines is 1. The van der Waals surface area contributed by atoms with Crippen LogP contribution in [-0.2, 0) is 5.41 Å². The molecular weight excluding hydrogens is 180 g/mol. The van der Waals surface area contributed by atoms with Crippen LogP contribution >= 0.6 is 0 Å². The average molecular weight is 192 g/mol. The van der Waals surface area contributed by atoms with Crippen molar-refractivity contribution in [2.75, 3.05) is 0 Å². The largest absolute Gasteiger partial charge is 0.364 e. The number of H-pyrrole nitrogens is 1. The number of aromatic nitrogens is 4. The van der Waals surface area contributed by atoms with Gasteiger partial charge in [-0.1, -0.05) is 20.8 Å². The first-order valence-corrected chi connectivity index (χ1v) is 4.43. The van der Waals surface area contributed by atoms with E-state index in [-0.39, 0.29) is 11.1 Å². The minimum Gasteiger partial charge on any atom is -0.244 e. The van der Waals surface area contributed by atoms with Gasteiger partial charge in [0.2, 0.25) is 0 Å². The summed E-state index contributed by atoms with van der Waals surface area (Å²) in [7, 11) is 0. The van der Waals surface area contributed by atoms with E-state index in [0.717, 1.165) is 5.69 Å². The SMILES string of the molecule is CC(C)(C)c1ccc2n[nH]c(=O)n2n1. The highest BCUT2D eigenvalue weighted by Gasteiger charge is 2.16. The molecule has 0 aliphatic carbocycles. The van der Waals surface area contributed by atoms with Gasteiger partial charge in [-0.3, -0.25) is 0 Å². The highest BCUT2D eigenvalue weighted by Crippen LogP contribution is 2.18. The molecule has 2 aromatic heterocycles. The summed E-state index contributed by atoms with van der Waals surface area (Å²) in [5, 5.41) is 10.4. The molecule has 0 radical (unpaired) electrons. The van der Waals surface area contributed by atoms with Crippen LogP contribution in [0, 0.1) is 0 Å². The molecule has 1 N–H and O–H groups in total. The van der Waals surface area contributed by atoms with Crippen LogP contribution in [0.1, 0.15) is 26.5 Å². The van der Waals surface area contributed by atoms with E-state index in [1.807, 2.05) is 26.8 Å². The van der Waals surface area contributed by atoms with E-state index in [1.165, 1.54) is 4.52 Å². The zero-order chi connectivity index (χ0) is 10.3. The maximum Gasteiger partial charge on any atom is 0.364 e. The first kappa shape index (κ1) is 8.93. The Morgan fingerprint density at radius 2 is 2.07 bits per heavy atom. The molecular formula is C9H12N4O. The van der Waals surface area contributed by atoms with Gasteiger partial charge < -0.3 is 0 Å². The van der Waals surface area contributed by atoms with Gasteiger partial charge >= 0.3 is 5.69 Å². The summed E-state index contributed by atoms with van der Waals surface area (Å²) in [6.45, 7) is 6.14. The summed E-state index contributed by atoms with van der Waals surface area (Å²) in [6.07, 6.45) is 0. The zero-order valence-corrected chi connectivity index (χ0v) is 8.40. The third kappa shape index (κ3) is 1.30. The summed E-state index contributed by atoms with van der Waals surface area (Å²) >= 11 is 0. The Bertz CT molecular complexity index is 517. The first-order chi connectivity index (χ1) is 6.48. The topological polar surface area (TPSA) is 63.0 Å². The minimum atomic E-state index is -0.300. The highest BCUT2D eigenvalue weighted by molar-refractivity contribution is 5.35. The quantitative estimate of drug-likeness (QED) is 0.668. The number of hydrogen-bond donors (Lipinski definition) is 1. The van der Waals surface area contributed by atoms with Crippen molar-refractivity contribution in [1.82, 2.24) is 19.8 Å². The van der Waals surface area contributed by atoms with Gasteiger partial charge in [0.05, 0.1) is 5.69 Å². The number of rotatable bonds is 0. The molecule has 2 aromatic rings. The van der Waals surface area contributed by atoms with Crippen LogP contribution in [0.3, 0.4) is 0 Å². The molecule has 5 heteroatoms. The molecule has 0 saturated carbocycles. The number of hydrogen-bond acceptors (Lipinski definition) is 3. The van der Waals surface area contributed by atoms with Gasteiger partial charge in [0.25, 0.3) is 0 Å². The average Bonchev–Trinajstić information content (AvgIpc) is 2.46. The lowest BCUT2D eigenvalue weighted by molar-refractivity contribution is 0.552. The normalized spacial score (nSPS) is 12.2. The van der Waals surface area contributed by atoms with E-state index in [9.17, 15) is 4.79 Å². The van der Waals surface area contributed by atoms with Crippen LogP contribution in [0.4, 0.5) is 0 Å². The molecule has 0 aromatic carbocycles. The fourth-order valence-electron chi connectivity index (χ4n) is 1.20. The Morgan fingerprint density at radius 1 is 1.36 bits per heavy atom. The van der Waals surface area contributed by atoms with Gasteiger partial charge in [-0.25, -0.2) is 9.89 Å². The fourth-order valence-corrected chi connectivity index (χ4v) is 1.20. The Morgan fingerprint density at radius 3 is 2.71 bits per heavy atom. The van der Waals surface area contributed by atoms with Gasteiger partial charge in [0, 0.05) is 5.41 Å². The van der Waals surface area contributed by atoms with E-state index < -0.39 is 0 Å². The predicted molar refractivity (Wildman–Crippen MR) is 52.3 cm³/mol. The molecule has 0 aliphatic heterocycles. The molecule has 2 heterocycles. The van der Waals surface area contributed by atoms with Crippen LogP contribution < -0.4 is 5.69 Å². The van der Waals surface area contributed by atoms with E-state index in [0.29, 0.717) is 5.65 Å². The summed E-state index contributed by atoms with van der Waals surface area (Å²) in [5.74, 6) is 0. The maximum absolute atomic E-state index is 11.2. The molecule has 74 valence electrons. The van der Waals surface area contributed by atoms with Crippen molar-refractivity contribution in [2.45, 2.75) is 26.2 Å². The Hall–Kier alpha value is -1.65. The maximum atomic E-state index is 11.2. The standard InChI is InChI=1S/C9H12N4O/c1-9(2,3)6-4-5-7-10-11-8(14)13(7)12-6/h4-5H,1-3H3,(H,11,14). The lowest BCUT2D eigenvalue weighted by atomic mass is 9.92. The fraction of sp³-hybridized carbons (Fsp3) is 0.444. The van der Waals surface area contributed by atoms with E-state index in [4.69, 9.17) is 0 Å². The van der Waals surface area contributed by atoms with Gasteiger partial charge in [-0.2, -0.15) is 14.7 Å². The van der Waals surface area contributed by atoms with Crippen molar-refractivity contribution in [2.24, 2.45) is 0 Å². The van der Waals surface area contributed by atoms with Crippen molar-refractivity contribution in [3.63, 3.8) is 0 Å². The van der Waals surface area contributed by atoms with Crippen LogP contribution in [0.5, 0.6) is 0 Å². The molecule has 5 nitrogen and oxygen atoms in total. The van der Waals surface area contributed by atoms with Crippen molar-refractivity contribution in [3.05, 3.63) is 28.3 Å². The van der Waals surface area contributed by atoms with Crippen molar-refractivity contribution < 1.29 is 0 Å². The second-order valence-corrected chi connectivity index (χ2v) is 4.27. The molecule has 0 aliphatic rings. The van der Waals surface area contributed by atoms with Gasteiger partial charge in [0.1, 0.15) is 0 Å². The van der Waals surface area contributed by atoms with Crippen LogP contribution in [-0.4, -0.2) is 19.8 Å². The predicted octanol–water partition coefficient (Wildman–Crippen LogP) is 0.715. The number of nitrogens with one attached hydrogen (secondary N) is 1. The second-order valence-electron chi connectivity index (χ2n) is 4.27. The van der Waals surface area contributed by atoms with Crippen LogP contribution in [0.2, 0.25) is 0 Å². The lowest BCUT2D eigenvalue weighted by Gasteiger charge is -2.16. The van der Waals surface area contributed by atoms with Crippen molar-refractivity contribution >= 4 is 5.65 Å². The van der Waals surface area contributed by atoms with Crippen LogP contribution in [0.15, 0.2) is 16.9 Å². The number of fused-ring (bicyclic) bond motifs is 1. The lowest BCUT2D eigenvalue weighted by Crippen LogP contribution is -2.19. The third-order valence-corrected chi connectivity index (χ3v) is 2.04. The first-order valence-electron chi connectivity index (χ1n) is 4.43. The van der Waals surface area contributed by atoms with E-state index in [2.05, 4.69) is 15.3 Å². The summed E-state index contributed by atoms with van der Waals surface area (Å²) < 4.78 is 1.28. The minimum absolute atomic E-state index is 0.0646. The molecule has 0 spiro atoms. The smallest absolute Gasteiger partial charge is 0.244 e. The molecule has 0 unspecified atom stereocenters. The van der Waals surface area contributed by atoms with E-state index >= 15 is 0 Å². The van der Waals surface area contributed by atoms with Gasteiger partial charge in [-0.15, -0.1) is 0 Å². The molecule has 0 atom stereocenters.